The van der Waals surface area contributed by atoms with Gasteiger partial charge >= 0.3 is 6.09 Å². The summed E-state index contributed by atoms with van der Waals surface area (Å²) >= 11 is 0. The van der Waals surface area contributed by atoms with Gasteiger partial charge in [-0.2, -0.15) is 0 Å². The zero-order chi connectivity index (χ0) is 11.3. The van der Waals surface area contributed by atoms with Crippen LogP contribution in [-0.4, -0.2) is 18.7 Å². The SMILES string of the molecule is CCNC(=O)OC1CCC(CC)C(C)C1. The van der Waals surface area contributed by atoms with E-state index in [2.05, 4.69) is 19.2 Å². The number of alkyl carbamates (subject to hydrolysis) is 1. The summed E-state index contributed by atoms with van der Waals surface area (Å²) in [5.41, 5.74) is 0. The van der Waals surface area contributed by atoms with Gasteiger partial charge in [0.1, 0.15) is 6.10 Å². The van der Waals surface area contributed by atoms with Gasteiger partial charge in [-0.05, 0) is 38.0 Å². The third kappa shape index (κ3) is 3.73. The third-order valence-corrected chi connectivity index (χ3v) is 3.42. The highest BCUT2D eigenvalue weighted by Gasteiger charge is 2.28. The van der Waals surface area contributed by atoms with Crippen LogP contribution in [0.2, 0.25) is 0 Å². The first-order chi connectivity index (χ1) is 7.17. The molecule has 3 unspecified atom stereocenters. The molecule has 0 spiro atoms. The van der Waals surface area contributed by atoms with Gasteiger partial charge in [-0.3, -0.25) is 0 Å². The van der Waals surface area contributed by atoms with E-state index in [4.69, 9.17) is 4.74 Å². The molecule has 3 heteroatoms. The van der Waals surface area contributed by atoms with Crippen molar-refractivity contribution in [3.8, 4) is 0 Å². The Kier molecular flexibility index (Phi) is 4.92. The summed E-state index contributed by atoms with van der Waals surface area (Å²) in [4.78, 5) is 11.2. The highest BCUT2D eigenvalue weighted by Crippen LogP contribution is 2.33. The van der Waals surface area contributed by atoms with Gasteiger partial charge in [0.05, 0.1) is 0 Å². The predicted octanol–water partition coefficient (Wildman–Crippen LogP) is 2.95. The third-order valence-electron chi connectivity index (χ3n) is 3.42. The molecule has 3 nitrogen and oxygen atoms in total. The first kappa shape index (κ1) is 12.3. The molecule has 1 amide bonds. The lowest BCUT2D eigenvalue weighted by Gasteiger charge is -2.33. The Morgan fingerprint density at radius 3 is 2.67 bits per heavy atom. The predicted molar refractivity (Wildman–Crippen MR) is 60.7 cm³/mol. The molecule has 1 aliphatic rings. The van der Waals surface area contributed by atoms with Crippen molar-refractivity contribution < 1.29 is 9.53 Å². The molecule has 1 fully saturated rings. The molecule has 0 aliphatic heterocycles. The fourth-order valence-electron chi connectivity index (χ4n) is 2.46. The molecule has 1 N–H and O–H groups in total. The van der Waals surface area contributed by atoms with Crippen LogP contribution in [0.1, 0.15) is 46.5 Å². The van der Waals surface area contributed by atoms with Gasteiger partial charge in [0.25, 0.3) is 0 Å². The molecule has 0 radical (unpaired) electrons. The molecule has 88 valence electrons. The van der Waals surface area contributed by atoms with Gasteiger partial charge in [-0.15, -0.1) is 0 Å². The highest BCUT2D eigenvalue weighted by molar-refractivity contribution is 5.67. The standard InChI is InChI=1S/C12H23NO2/c1-4-10-6-7-11(8-9(10)3)15-12(14)13-5-2/h9-11H,4-8H2,1-3H3,(H,13,14). The van der Waals surface area contributed by atoms with Crippen molar-refractivity contribution in [3.63, 3.8) is 0 Å². The molecule has 0 bridgehead atoms. The number of nitrogens with one attached hydrogen (secondary N) is 1. The van der Waals surface area contributed by atoms with E-state index < -0.39 is 0 Å². The average Bonchev–Trinajstić information content (AvgIpc) is 2.18. The zero-order valence-corrected chi connectivity index (χ0v) is 10.1. The Bertz CT molecular complexity index is 206. The highest BCUT2D eigenvalue weighted by atomic mass is 16.6. The summed E-state index contributed by atoms with van der Waals surface area (Å²) in [7, 11) is 0. The molecule has 3 atom stereocenters. The van der Waals surface area contributed by atoms with Crippen LogP contribution in [0.15, 0.2) is 0 Å². The van der Waals surface area contributed by atoms with E-state index >= 15 is 0 Å². The van der Waals surface area contributed by atoms with Crippen LogP contribution in [0.4, 0.5) is 4.79 Å². The van der Waals surface area contributed by atoms with Gasteiger partial charge in [-0.1, -0.05) is 20.3 Å². The summed E-state index contributed by atoms with van der Waals surface area (Å²) in [6.45, 7) is 7.05. The number of carbonyl (C=O) groups excluding carboxylic acids is 1. The largest absolute Gasteiger partial charge is 0.446 e. The first-order valence-corrected chi connectivity index (χ1v) is 6.11. The van der Waals surface area contributed by atoms with E-state index in [1.165, 1.54) is 12.8 Å². The number of hydrogen-bond acceptors (Lipinski definition) is 2. The second-order valence-corrected chi connectivity index (χ2v) is 4.52. The van der Waals surface area contributed by atoms with Crippen molar-refractivity contribution >= 4 is 6.09 Å². The average molecular weight is 213 g/mol. The Labute approximate surface area is 92.6 Å². The van der Waals surface area contributed by atoms with Crippen molar-refractivity contribution in [1.82, 2.24) is 5.32 Å². The summed E-state index contributed by atoms with van der Waals surface area (Å²) in [6.07, 6.45) is 4.37. The number of amides is 1. The van der Waals surface area contributed by atoms with Gasteiger partial charge < -0.3 is 10.1 Å². The number of hydrogen-bond donors (Lipinski definition) is 1. The topological polar surface area (TPSA) is 38.3 Å². The van der Waals surface area contributed by atoms with Gasteiger partial charge in [-0.25, -0.2) is 4.79 Å². The molecule has 15 heavy (non-hydrogen) atoms. The van der Waals surface area contributed by atoms with E-state index in [-0.39, 0.29) is 12.2 Å². The van der Waals surface area contributed by atoms with Crippen LogP contribution in [0, 0.1) is 11.8 Å². The maximum absolute atomic E-state index is 11.2. The van der Waals surface area contributed by atoms with E-state index in [0.29, 0.717) is 12.5 Å². The van der Waals surface area contributed by atoms with Gasteiger partial charge in [0.2, 0.25) is 0 Å². The molecular weight excluding hydrogens is 190 g/mol. The van der Waals surface area contributed by atoms with E-state index in [0.717, 1.165) is 18.8 Å². The maximum atomic E-state index is 11.2. The fraction of sp³-hybridized carbons (Fsp3) is 0.917. The molecule has 0 aromatic heterocycles. The molecule has 0 saturated heterocycles. The van der Waals surface area contributed by atoms with Crippen LogP contribution in [0.5, 0.6) is 0 Å². The maximum Gasteiger partial charge on any atom is 0.407 e. The minimum Gasteiger partial charge on any atom is -0.446 e. The minimum atomic E-state index is -0.260. The van der Waals surface area contributed by atoms with E-state index in [1.807, 2.05) is 6.92 Å². The van der Waals surface area contributed by atoms with Gasteiger partial charge in [0.15, 0.2) is 0 Å². The Morgan fingerprint density at radius 2 is 2.13 bits per heavy atom. The quantitative estimate of drug-likeness (QED) is 0.782. The van der Waals surface area contributed by atoms with Crippen LogP contribution >= 0.6 is 0 Å². The lowest BCUT2D eigenvalue weighted by Crippen LogP contribution is -2.33. The summed E-state index contributed by atoms with van der Waals surface area (Å²) < 4.78 is 5.34. The molecular formula is C12H23NO2. The molecule has 0 aromatic carbocycles. The Balaban J connectivity index is 2.31. The summed E-state index contributed by atoms with van der Waals surface area (Å²) in [5, 5.41) is 2.67. The second-order valence-electron chi connectivity index (χ2n) is 4.52. The summed E-state index contributed by atoms with van der Waals surface area (Å²) in [6, 6.07) is 0. The van der Waals surface area contributed by atoms with Crippen LogP contribution < -0.4 is 5.32 Å². The van der Waals surface area contributed by atoms with Crippen LogP contribution in [0.25, 0.3) is 0 Å². The van der Waals surface area contributed by atoms with Crippen LogP contribution in [-0.2, 0) is 4.74 Å². The molecule has 1 aliphatic carbocycles. The minimum absolute atomic E-state index is 0.134. The number of rotatable bonds is 3. The van der Waals surface area contributed by atoms with E-state index in [1.54, 1.807) is 0 Å². The van der Waals surface area contributed by atoms with Crippen molar-refractivity contribution in [2.24, 2.45) is 11.8 Å². The van der Waals surface area contributed by atoms with E-state index in [9.17, 15) is 4.79 Å². The van der Waals surface area contributed by atoms with Crippen molar-refractivity contribution in [2.75, 3.05) is 6.54 Å². The molecule has 1 rings (SSSR count). The van der Waals surface area contributed by atoms with Crippen molar-refractivity contribution in [2.45, 2.75) is 52.6 Å². The Morgan fingerprint density at radius 1 is 1.40 bits per heavy atom. The van der Waals surface area contributed by atoms with Crippen molar-refractivity contribution in [1.29, 1.82) is 0 Å². The Hall–Kier alpha value is -0.730. The summed E-state index contributed by atoms with van der Waals surface area (Å²) in [5.74, 6) is 1.50. The monoisotopic (exact) mass is 213 g/mol. The second kappa shape index (κ2) is 5.99. The lowest BCUT2D eigenvalue weighted by atomic mass is 9.78. The molecule has 0 aromatic rings. The lowest BCUT2D eigenvalue weighted by molar-refractivity contribution is 0.0439. The van der Waals surface area contributed by atoms with Crippen LogP contribution in [0.3, 0.4) is 0 Å². The zero-order valence-electron chi connectivity index (χ0n) is 10.1. The molecule has 1 saturated carbocycles. The normalized spacial score (nSPS) is 31.0. The number of ether oxygens (including phenoxy) is 1. The van der Waals surface area contributed by atoms with Crippen molar-refractivity contribution in [3.05, 3.63) is 0 Å². The molecule has 0 heterocycles. The number of carbonyl (C=O) groups is 1. The van der Waals surface area contributed by atoms with Gasteiger partial charge in [0, 0.05) is 6.54 Å². The smallest absolute Gasteiger partial charge is 0.407 e. The fourth-order valence-corrected chi connectivity index (χ4v) is 2.46. The first-order valence-electron chi connectivity index (χ1n) is 6.11.